The Hall–Kier alpha value is -2.90. The number of benzene rings is 2. The molecule has 2 aliphatic heterocycles. The van der Waals surface area contributed by atoms with Gasteiger partial charge in [-0.3, -0.25) is 0 Å². The Morgan fingerprint density at radius 1 is 1.09 bits per heavy atom. The number of ether oxygens (including phenoxy) is 1. The van der Waals surface area contributed by atoms with E-state index < -0.39 is 0 Å². The van der Waals surface area contributed by atoms with Gasteiger partial charge < -0.3 is 25.0 Å². The molecule has 7 heteroatoms. The zero-order valence-electron chi connectivity index (χ0n) is 20.5. The van der Waals surface area contributed by atoms with Crippen molar-refractivity contribution >= 4 is 16.6 Å². The minimum absolute atomic E-state index is 0.305. The van der Waals surface area contributed by atoms with E-state index in [0.29, 0.717) is 30.3 Å². The molecule has 2 N–H and O–H groups in total. The molecule has 0 saturated carbocycles. The predicted octanol–water partition coefficient (Wildman–Crippen LogP) is 3.49. The third-order valence-corrected chi connectivity index (χ3v) is 8.04. The molecule has 184 valence electrons. The van der Waals surface area contributed by atoms with E-state index in [4.69, 9.17) is 14.7 Å². The van der Waals surface area contributed by atoms with Crippen molar-refractivity contribution in [3.63, 3.8) is 0 Å². The maximum atomic E-state index is 10.4. The smallest absolute Gasteiger partial charge is 0.318 e. The highest BCUT2D eigenvalue weighted by Gasteiger charge is 2.30. The van der Waals surface area contributed by atoms with Crippen molar-refractivity contribution in [2.24, 2.45) is 0 Å². The molecule has 1 aliphatic carbocycles. The fourth-order valence-electron chi connectivity index (χ4n) is 6.06. The number of nitrogens with zero attached hydrogens (tertiary/aromatic N) is 4. The topological polar surface area (TPSA) is 73.8 Å². The summed E-state index contributed by atoms with van der Waals surface area (Å²) in [6.45, 7) is 5.62. The van der Waals surface area contributed by atoms with Crippen LogP contribution >= 0.6 is 0 Å². The Bertz CT molecular complexity index is 1210. The van der Waals surface area contributed by atoms with Crippen molar-refractivity contribution in [2.75, 3.05) is 51.3 Å². The number of phenols is 1. The van der Waals surface area contributed by atoms with Crippen LogP contribution in [0.15, 0.2) is 36.4 Å². The average molecular weight is 474 g/mol. The average Bonchev–Trinajstić information content (AvgIpc) is 3.31. The highest BCUT2D eigenvalue weighted by atomic mass is 16.5. The summed E-state index contributed by atoms with van der Waals surface area (Å²) in [7, 11) is 2.17. The number of anilines is 1. The summed E-state index contributed by atoms with van der Waals surface area (Å²) in [6, 6.07) is 13.1. The lowest BCUT2D eigenvalue weighted by Gasteiger charge is -2.33. The summed E-state index contributed by atoms with van der Waals surface area (Å²) in [5, 5.41) is 16.2. The molecule has 2 saturated heterocycles. The molecular formula is C28H35N5O2. The first-order valence-electron chi connectivity index (χ1n) is 13.1. The molecule has 2 aromatic carbocycles. The molecule has 3 aliphatic rings. The molecule has 35 heavy (non-hydrogen) atoms. The maximum Gasteiger partial charge on any atom is 0.318 e. The molecule has 7 nitrogen and oxygen atoms in total. The minimum Gasteiger partial charge on any atom is -0.508 e. The van der Waals surface area contributed by atoms with Crippen LogP contribution in [0.4, 0.5) is 5.82 Å². The summed E-state index contributed by atoms with van der Waals surface area (Å²) in [5.74, 6) is 1.70. The second-order valence-electron chi connectivity index (χ2n) is 10.3. The van der Waals surface area contributed by atoms with Gasteiger partial charge in [0.2, 0.25) is 0 Å². The second-order valence-corrected chi connectivity index (χ2v) is 10.3. The van der Waals surface area contributed by atoms with E-state index in [-0.39, 0.29) is 0 Å². The van der Waals surface area contributed by atoms with E-state index in [2.05, 4.69) is 40.4 Å². The quantitative estimate of drug-likeness (QED) is 0.588. The van der Waals surface area contributed by atoms with E-state index in [0.717, 1.165) is 68.9 Å². The van der Waals surface area contributed by atoms with E-state index in [1.165, 1.54) is 29.4 Å². The Labute approximate surface area is 207 Å². The van der Waals surface area contributed by atoms with Gasteiger partial charge in [-0.2, -0.15) is 9.97 Å². The Morgan fingerprint density at radius 2 is 1.94 bits per heavy atom. The van der Waals surface area contributed by atoms with Crippen LogP contribution in [0.5, 0.6) is 11.8 Å². The van der Waals surface area contributed by atoms with Crippen molar-refractivity contribution in [3.05, 3.63) is 53.2 Å². The molecule has 2 atom stereocenters. The number of likely N-dealkylation sites (N-methyl/N-ethyl adjacent to an activating group) is 1. The fraction of sp³-hybridized carbons (Fsp3) is 0.500. The number of aromatic hydroxyl groups is 1. The van der Waals surface area contributed by atoms with Gasteiger partial charge in [-0.25, -0.2) is 0 Å². The van der Waals surface area contributed by atoms with E-state index in [1.807, 2.05) is 18.2 Å². The lowest BCUT2D eigenvalue weighted by Crippen LogP contribution is -2.44. The van der Waals surface area contributed by atoms with Crippen LogP contribution in [0.2, 0.25) is 0 Å². The van der Waals surface area contributed by atoms with E-state index in [1.54, 1.807) is 0 Å². The maximum absolute atomic E-state index is 10.4. The molecule has 0 radical (unpaired) electrons. The summed E-state index contributed by atoms with van der Waals surface area (Å²) in [6.07, 6.45) is 5.19. The molecule has 0 amide bonds. The number of likely N-dealkylation sites (tertiary alicyclic amines) is 1. The zero-order chi connectivity index (χ0) is 23.8. The summed E-state index contributed by atoms with van der Waals surface area (Å²) in [4.78, 5) is 14.7. The molecular weight excluding hydrogens is 438 g/mol. The van der Waals surface area contributed by atoms with Gasteiger partial charge in [-0.05, 0) is 80.1 Å². The van der Waals surface area contributed by atoms with E-state index in [9.17, 15) is 5.11 Å². The molecule has 3 heterocycles. The summed E-state index contributed by atoms with van der Waals surface area (Å²) in [5.41, 5.74) is 3.59. The van der Waals surface area contributed by atoms with Gasteiger partial charge in [0.15, 0.2) is 0 Å². The monoisotopic (exact) mass is 473 g/mol. The molecule has 2 unspecified atom stereocenters. The van der Waals surface area contributed by atoms with Crippen LogP contribution in [-0.4, -0.2) is 72.4 Å². The number of fused-ring (bicyclic) bond motifs is 2. The molecule has 6 rings (SSSR count). The first-order valence-corrected chi connectivity index (χ1v) is 13.1. The Morgan fingerprint density at radius 3 is 2.77 bits per heavy atom. The van der Waals surface area contributed by atoms with Crippen molar-refractivity contribution in [1.82, 2.24) is 20.2 Å². The fourth-order valence-corrected chi connectivity index (χ4v) is 6.06. The van der Waals surface area contributed by atoms with Crippen molar-refractivity contribution in [1.29, 1.82) is 0 Å². The number of nitrogens with one attached hydrogen (secondary N) is 1. The number of aromatic nitrogens is 2. The van der Waals surface area contributed by atoms with Crippen LogP contribution in [0.1, 0.15) is 42.0 Å². The molecule has 1 aromatic heterocycles. The number of hydrogen-bond donors (Lipinski definition) is 2. The van der Waals surface area contributed by atoms with Crippen LogP contribution in [0.25, 0.3) is 10.8 Å². The van der Waals surface area contributed by atoms with Crippen LogP contribution < -0.4 is 15.0 Å². The molecule has 0 bridgehead atoms. The lowest BCUT2D eigenvalue weighted by atomic mass is 9.80. The van der Waals surface area contributed by atoms with Crippen molar-refractivity contribution in [3.8, 4) is 11.8 Å². The minimum atomic E-state index is 0.305. The van der Waals surface area contributed by atoms with Crippen molar-refractivity contribution < 1.29 is 9.84 Å². The van der Waals surface area contributed by atoms with E-state index >= 15 is 0 Å². The molecule has 3 aromatic rings. The van der Waals surface area contributed by atoms with Gasteiger partial charge in [0.05, 0.1) is 5.69 Å². The number of piperazine rings is 1. The van der Waals surface area contributed by atoms with Gasteiger partial charge in [0.1, 0.15) is 18.2 Å². The highest BCUT2D eigenvalue weighted by Crippen LogP contribution is 2.40. The molecule has 2 fully saturated rings. The predicted molar refractivity (Wildman–Crippen MR) is 139 cm³/mol. The standard InChI is InChI=1S/C28H35N5O2/c1-32-12-4-6-21(32)18-35-28-30-26-16-20(25-17-22(34)15-19-5-2-3-7-23(19)25)8-9-24(26)27(31-28)33-13-10-29-11-14-33/h2-3,5,7,15,17,20-21,29,34H,4,6,8-14,16,18H2,1H3. The number of hydrogen-bond acceptors (Lipinski definition) is 7. The Balaban J connectivity index is 1.33. The highest BCUT2D eigenvalue weighted by molar-refractivity contribution is 5.87. The van der Waals surface area contributed by atoms with Crippen LogP contribution in [-0.2, 0) is 12.8 Å². The second kappa shape index (κ2) is 9.63. The van der Waals surface area contributed by atoms with Gasteiger partial charge in [0.25, 0.3) is 0 Å². The Kier molecular flexibility index (Phi) is 6.20. The first-order chi connectivity index (χ1) is 17.2. The van der Waals surface area contributed by atoms with Gasteiger partial charge in [-0.15, -0.1) is 0 Å². The van der Waals surface area contributed by atoms with Gasteiger partial charge >= 0.3 is 6.01 Å². The SMILES string of the molecule is CN1CCCC1COc1nc2c(c(N3CCNCC3)n1)CCC(c1cc(O)cc3ccccc13)C2. The lowest BCUT2D eigenvalue weighted by molar-refractivity contribution is 0.187. The largest absolute Gasteiger partial charge is 0.508 e. The zero-order valence-corrected chi connectivity index (χ0v) is 20.5. The van der Waals surface area contributed by atoms with Crippen LogP contribution in [0.3, 0.4) is 0 Å². The summed E-state index contributed by atoms with van der Waals surface area (Å²) >= 11 is 0. The summed E-state index contributed by atoms with van der Waals surface area (Å²) < 4.78 is 6.24. The third kappa shape index (κ3) is 4.55. The van der Waals surface area contributed by atoms with Crippen LogP contribution in [0, 0.1) is 0 Å². The van der Waals surface area contributed by atoms with Gasteiger partial charge in [0, 0.05) is 37.8 Å². The third-order valence-electron chi connectivity index (χ3n) is 8.04. The van der Waals surface area contributed by atoms with Gasteiger partial charge in [-0.1, -0.05) is 24.3 Å². The first kappa shape index (κ1) is 22.6. The normalized spacial score (nSPS) is 22.9. The molecule has 0 spiro atoms. The number of phenolic OH excluding ortho intramolecular Hbond substituents is 1. The number of rotatable bonds is 5. The van der Waals surface area contributed by atoms with Crippen molar-refractivity contribution in [2.45, 2.75) is 44.1 Å².